The molecule has 1 unspecified atom stereocenters. The Morgan fingerprint density at radius 2 is 1.90 bits per heavy atom. The summed E-state index contributed by atoms with van der Waals surface area (Å²) in [5.41, 5.74) is 2.49. The molecule has 1 aromatic carbocycles. The van der Waals surface area contributed by atoms with E-state index in [1.165, 1.54) is 12.4 Å². The first-order chi connectivity index (χ1) is 9.84. The number of rotatable bonds is 3. The quantitative estimate of drug-likeness (QED) is 0.520. The van der Waals surface area contributed by atoms with Crippen molar-refractivity contribution in [2.75, 3.05) is 0 Å². The van der Waals surface area contributed by atoms with Crippen LogP contribution < -0.4 is 11.3 Å². The van der Waals surface area contributed by atoms with Gasteiger partial charge >= 0.3 is 6.18 Å². The maximum absolute atomic E-state index is 13.9. The highest BCUT2D eigenvalue weighted by atomic mass is 19.4. The number of alkyl halides is 3. The normalized spacial score (nSPS) is 13.2. The fraction of sp³-hybridized carbons (Fsp3) is 0.214. The molecule has 2 rings (SSSR count). The predicted molar refractivity (Wildman–Crippen MR) is 69.5 cm³/mol. The Morgan fingerprint density at radius 1 is 1.19 bits per heavy atom. The molecule has 0 fully saturated rings. The molecule has 1 aromatic heterocycles. The molecule has 112 valence electrons. The molecule has 0 saturated carbocycles. The maximum atomic E-state index is 13.9. The number of nitrogens with one attached hydrogen (secondary N) is 1. The molecule has 21 heavy (non-hydrogen) atoms. The van der Waals surface area contributed by atoms with Crippen molar-refractivity contribution in [1.29, 1.82) is 0 Å². The van der Waals surface area contributed by atoms with Gasteiger partial charge in [0.2, 0.25) is 0 Å². The van der Waals surface area contributed by atoms with E-state index in [2.05, 4.69) is 10.4 Å². The Balaban J connectivity index is 2.55. The zero-order chi connectivity index (χ0) is 15.6. The molecule has 1 heterocycles. The lowest BCUT2D eigenvalue weighted by molar-refractivity contribution is -0.137. The van der Waals surface area contributed by atoms with Gasteiger partial charge in [0.1, 0.15) is 5.82 Å². The van der Waals surface area contributed by atoms with Crippen LogP contribution in [0.1, 0.15) is 28.3 Å². The van der Waals surface area contributed by atoms with Crippen LogP contribution in [0.25, 0.3) is 0 Å². The summed E-state index contributed by atoms with van der Waals surface area (Å²) >= 11 is 0. The second-order valence-corrected chi connectivity index (χ2v) is 4.57. The topological polar surface area (TPSA) is 50.9 Å². The highest BCUT2D eigenvalue weighted by Crippen LogP contribution is 2.33. The fourth-order valence-corrected chi connectivity index (χ4v) is 2.07. The highest BCUT2D eigenvalue weighted by molar-refractivity contribution is 5.38. The molecule has 0 bridgehead atoms. The Labute approximate surface area is 118 Å². The lowest BCUT2D eigenvalue weighted by atomic mass is 9.95. The van der Waals surface area contributed by atoms with E-state index in [1.807, 2.05) is 0 Å². The van der Waals surface area contributed by atoms with Crippen LogP contribution in [0.3, 0.4) is 0 Å². The summed E-state index contributed by atoms with van der Waals surface area (Å²) < 4.78 is 52.2. The molecule has 0 spiro atoms. The van der Waals surface area contributed by atoms with Crippen molar-refractivity contribution < 1.29 is 17.6 Å². The molecule has 0 amide bonds. The van der Waals surface area contributed by atoms with Crippen LogP contribution in [0, 0.1) is 12.7 Å². The summed E-state index contributed by atoms with van der Waals surface area (Å²) in [4.78, 5) is 3.90. The molecular weight excluding hydrogens is 286 g/mol. The monoisotopic (exact) mass is 299 g/mol. The van der Waals surface area contributed by atoms with E-state index in [0.717, 1.165) is 17.7 Å². The van der Waals surface area contributed by atoms with Crippen LogP contribution in [0.5, 0.6) is 0 Å². The van der Waals surface area contributed by atoms with Gasteiger partial charge in [0.05, 0.1) is 11.6 Å². The lowest BCUT2D eigenvalue weighted by Crippen LogP contribution is -2.30. The van der Waals surface area contributed by atoms with Crippen molar-refractivity contribution in [1.82, 2.24) is 10.4 Å². The summed E-state index contributed by atoms with van der Waals surface area (Å²) in [7, 11) is 0. The van der Waals surface area contributed by atoms with E-state index in [0.29, 0.717) is 11.6 Å². The van der Waals surface area contributed by atoms with E-state index >= 15 is 0 Å². The van der Waals surface area contributed by atoms with Crippen molar-refractivity contribution in [2.24, 2.45) is 5.84 Å². The first-order valence-electron chi connectivity index (χ1n) is 6.08. The third kappa shape index (κ3) is 3.20. The largest absolute Gasteiger partial charge is 0.416 e. The zero-order valence-electron chi connectivity index (χ0n) is 11.1. The van der Waals surface area contributed by atoms with Crippen LogP contribution in [0.2, 0.25) is 0 Å². The molecule has 0 aliphatic rings. The molecular formula is C14H13F4N3. The van der Waals surface area contributed by atoms with E-state index in [9.17, 15) is 17.6 Å². The first kappa shape index (κ1) is 15.4. The van der Waals surface area contributed by atoms with Gasteiger partial charge in [-0.3, -0.25) is 10.8 Å². The Kier molecular flexibility index (Phi) is 4.24. The fourth-order valence-electron chi connectivity index (χ4n) is 2.07. The second-order valence-electron chi connectivity index (χ2n) is 4.57. The number of aromatic nitrogens is 1. The van der Waals surface area contributed by atoms with Crippen LogP contribution in [-0.4, -0.2) is 4.98 Å². The molecule has 3 nitrogen and oxygen atoms in total. The van der Waals surface area contributed by atoms with Crippen molar-refractivity contribution in [2.45, 2.75) is 19.1 Å². The summed E-state index contributed by atoms with van der Waals surface area (Å²) in [5, 5.41) is 0. The molecule has 0 saturated heterocycles. The van der Waals surface area contributed by atoms with Crippen LogP contribution in [0.4, 0.5) is 17.6 Å². The smallest absolute Gasteiger partial charge is 0.271 e. The van der Waals surface area contributed by atoms with Gasteiger partial charge in [0, 0.05) is 18.0 Å². The lowest BCUT2D eigenvalue weighted by Gasteiger charge is -2.20. The third-order valence-electron chi connectivity index (χ3n) is 3.19. The van der Waals surface area contributed by atoms with Crippen LogP contribution in [-0.2, 0) is 6.18 Å². The molecule has 0 radical (unpaired) electrons. The van der Waals surface area contributed by atoms with Gasteiger partial charge < -0.3 is 0 Å². The SMILES string of the molecule is Cc1ccncc1C(NN)c1cc(C(F)(F)F)ccc1F. The molecule has 0 aliphatic heterocycles. The first-order valence-corrected chi connectivity index (χ1v) is 6.08. The molecule has 3 N–H and O–H groups in total. The average molecular weight is 299 g/mol. The Morgan fingerprint density at radius 3 is 2.48 bits per heavy atom. The minimum atomic E-state index is -4.55. The van der Waals surface area contributed by atoms with E-state index in [4.69, 9.17) is 5.84 Å². The van der Waals surface area contributed by atoms with Crippen LogP contribution >= 0.6 is 0 Å². The second kappa shape index (κ2) is 5.79. The standard InChI is InChI=1S/C14H13F4N3/c1-8-4-5-20-7-11(8)13(21-19)10-6-9(14(16,17)18)2-3-12(10)15/h2-7,13,21H,19H2,1H3. The average Bonchev–Trinajstić information content (AvgIpc) is 2.42. The predicted octanol–water partition coefficient (Wildman–Crippen LogP) is 3.10. The van der Waals surface area contributed by atoms with E-state index in [-0.39, 0.29) is 5.56 Å². The minimum absolute atomic E-state index is 0.177. The van der Waals surface area contributed by atoms with Gasteiger partial charge in [-0.05, 0) is 42.3 Å². The minimum Gasteiger partial charge on any atom is -0.271 e. The number of benzene rings is 1. The van der Waals surface area contributed by atoms with E-state index < -0.39 is 23.6 Å². The van der Waals surface area contributed by atoms with Gasteiger partial charge in [-0.2, -0.15) is 13.2 Å². The number of pyridine rings is 1. The zero-order valence-corrected chi connectivity index (χ0v) is 11.1. The van der Waals surface area contributed by atoms with Crippen LogP contribution in [0.15, 0.2) is 36.7 Å². The molecule has 1 atom stereocenters. The summed E-state index contributed by atoms with van der Waals surface area (Å²) in [5.74, 6) is 4.64. The highest BCUT2D eigenvalue weighted by Gasteiger charge is 2.32. The molecule has 0 aliphatic carbocycles. The van der Waals surface area contributed by atoms with Crippen molar-refractivity contribution in [3.63, 3.8) is 0 Å². The number of nitrogens with zero attached hydrogens (tertiary/aromatic N) is 1. The Hall–Kier alpha value is -1.99. The number of aryl methyl sites for hydroxylation is 1. The maximum Gasteiger partial charge on any atom is 0.416 e. The van der Waals surface area contributed by atoms with Gasteiger partial charge in [-0.25, -0.2) is 9.82 Å². The van der Waals surface area contributed by atoms with Crippen molar-refractivity contribution >= 4 is 0 Å². The van der Waals surface area contributed by atoms with Gasteiger partial charge in [-0.1, -0.05) is 0 Å². The van der Waals surface area contributed by atoms with Crippen molar-refractivity contribution in [3.8, 4) is 0 Å². The van der Waals surface area contributed by atoms with Crippen molar-refractivity contribution in [3.05, 3.63) is 64.7 Å². The molecule has 7 heteroatoms. The number of hydrazine groups is 1. The number of hydrogen-bond donors (Lipinski definition) is 2. The third-order valence-corrected chi connectivity index (χ3v) is 3.19. The number of nitrogens with two attached hydrogens (primary N) is 1. The molecule has 2 aromatic rings. The summed E-state index contributed by atoms with van der Waals surface area (Å²) in [6.45, 7) is 1.74. The van der Waals surface area contributed by atoms with Gasteiger partial charge in [0.15, 0.2) is 0 Å². The number of halogens is 4. The summed E-state index contributed by atoms with van der Waals surface area (Å²) in [6.07, 6.45) is -1.57. The van der Waals surface area contributed by atoms with E-state index in [1.54, 1.807) is 13.0 Å². The van der Waals surface area contributed by atoms with Gasteiger partial charge in [0.25, 0.3) is 0 Å². The Bertz CT molecular complexity index is 640. The number of hydrogen-bond acceptors (Lipinski definition) is 3. The van der Waals surface area contributed by atoms with Gasteiger partial charge in [-0.15, -0.1) is 0 Å². The summed E-state index contributed by atoms with van der Waals surface area (Å²) in [6, 6.07) is 3.00.